The number of anilines is 1. The number of aliphatic imine (C=N–C) groups is 1. The van der Waals surface area contributed by atoms with Gasteiger partial charge in [-0.05, 0) is 74.1 Å². The lowest BCUT2D eigenvalue weighted by molar-refractivity contribution is 0.0773. The van der Waals surface area contributed by atoms with Crippen LogP contribution in [-0.4, -0.2) is 112 Å². The first-order valence-corrected chi connectivity index (χ1v) is 21.6. The van der Waals surface area contributed by atoms with Crippen molar-refractivity contribution in [3.8, 4) is 23.0 Å². The number of nitrogens with zero attached hydrogens (tertiary/aromatic N) is 4. The van der Waals surface area contributed by atoms with Crippen molar-refractivity contribution in [2.75, 3.05) is 59.6 Å². The maximum atomic E-state index is 14.1. The van der Waals surface area contributed by atoms with Crippen molar-refractivity contribution in [3.05, 3.63) is 84.1 Å². The van der Waals surface area contributed by atoms with Crippen LogP contribution in [0.3, 0.4) is 0 Å². The molecule has 1 aromatic heterocycles. The van der Waals surface area contributed by atoms with Gasteiger partial charge in [-0.25, -0.2) is 9.78 Å². The van der Waals surface area contributed by atoms with Gasteiger partial charge < -0.3 is 38.7 Å². The smallest absolute Gasteiger partial charge is 0.411 e. The molecule has 3 aromatic rings. The number of aromatic nitrogens is 1. The average Bonchev–Trinajstić information content (AvgIpc) is 3.86. The number of rotatable bonds is 22. The van der Waals surface area contributed by atoms with Crippen molar-refractivity contribution >= 4 is 63.7 Å². The van der Waals surface area contributed by atoms with Gasteiger partial charge in [-0.15, -0.1) is 0 Å². The van der Waals surface area contributed by atoms with Crippen LogP contribution >= 0.6 is 21.6 Å². The molecule has 3 atom stereocenters. The lowest BCUT2D eigenvalue weighted by atomic mass is 10.1. The summed E-state index contributed by atoms with van der Waals surface area (Å²) in [5.41, 5.74) is 3.22. The summed E-state index contributed by atoms with van der Waals surface area (Å²) in [5, 5.41) is 10.8. The molecule has 1 unspecified atom stereocenters. The van der Waals surface area contributed by atoms with Crippen molar-refractivity contribution in [2.24, 2.45) is 10.1 Å². The van der Waals surface area contributed by atoms with Crippen LogP contribution < -0.4 is 29.6 Å². The first kappa shape index (κ1) is 45.6. The molecule has 2 aliphatic heterocycles. The zero-order valence-electron chi connectivity index (χ0n) is 34.3. The summed E-state index contributed by atoms with van der Waals surface area (Å²) in [6.45, 7) is 11.9. The van der Waals surface area contributed by atoms with Gasteiger partial charge >= 0.3 is 6.09 Å². The van der Waals surface area contributed by atoms with Gasteiger partial charge in [0.1, 0.15) is 18.7 Å². The topological polar surface area (TPSA) is 171 Å². The van der Waals surface area contributed by atoms with Crippen LogP contribution in [0.5, 0.6) is 23.0 Å². The summed E-state index contributed by atoms with van der Waals surface area (Å²) in [6, 6.07) is 11.8. The van der Waals surface area contributed by atoms with Gasteiger partial charge in [0, 0.05) is 54.5 Å². The van der Waals surface area contributed by atoms with Crippen LogP contribution in [0, 0.1) is 0 Å². The van der Waals surface area contributed by atoms with E-state index in [2.05, 4.69) is 38.9 Å². The molecule has 17 heteroatoms. The number of hydrogen-bond donors (Lipinski definition) is 2. The second kappa shape index (κ2) is 23.3. The Morgan fingerprint density at radius 1 is 0.983 bits per heavy atom. The summed E-state index contributed by atoms with van der Waals surface area (Å²) < 4.78 is 29.0. The van der Waals surface area contributed by atoms with Gasteiger partial charge in [-0.1, -0.05) is 46.3 Å². The molecule has 0 radical (unpaired) electrons. The Balaban J connectivity index is 1.21. The standard InChI is InChI=1S/C43H52N6O9S2/c1-28-16-32(45-22-28)23-46-35-20-39(37(53-4)18-31(35)26-50)56-14-10-7-11-15-57-40-21-36(48-43(52)58-27-30(3)59-60-41-12-8-9-13-44-41)34(19-38(40)54-5)42(51)49-25-29(2)17-33(49)24-47-55-6/h8-9,12-13,18-21,23-24,26,30,32-33,45H,1-2,7,10-11,14-17,22,25,27H2,3-6H3,(H,48,52)/b46-23?,47-24+/t30?,32-,33-/m0/s1. The molecule has 3 heterocycles. The molecule has 0 aliphatic carbocycles. The SMILES string of the molecule is C=C1CN[C@H](C=Nc2cc(OCCCCCOc3cc(NC(=O)OCC(C)SSc4ccccn4)c(C(=O)N4CC(=C)C[C@H]4/C=N/OC)cc3OC)c(OC)cc2C=O)C1. The Labute approximate surface area is 358 Å². The van der Waals surface area contributed by atoms with Gasteiger partial charge in [0.15, 0.2) is 29.3 Å². The van der Waals surface area contributed by atoms with E-state index in [1.54, 1.807) is 47.8 Å². The van der Waals surface area contributed by atoms with Gasteiger partial charge in [0.25, 0.3) is 5.91 Å². The number of aldehydes is 1. The van der Waals surface area contributed by atoms with E-state index in [4.69, 9.17) is 28.5 Å². The van der Waals surface area contributed by atoms with Crippen molar-refractivity contribution in [3.63, 3.8) is 0 Å². The molecule has 2 N–H and O–H groups in total. The number of hydrogen-bond acceptors (Lipinski definition) is 15. The van der Waals surface area contributed by atoms with E-state index >= 15 is 0 Å². The predicted octanol–water partition coefficient (Wildman–Crippen LogP) is 7.94. The number of carbonyl (C=O) groups excluding carboxylic acids is 3. The third-order valence-electron chi connectivity index (χ3n) is 9.31. The average molecular weight is 861 g/mol. The number of likely N-dealkylation sites (tertiary alicyclic amines) is 1. The van der Waals surface area contributed by atoms with E-state index in [1.165, 1.54) is 42.9 Å². The zero-order valence-corrected chi connectivity index (χ0v) is 36.0. The van der Waals surface area contributed by atoms with Crippen molar-refractivity contribution in [1.29, 1.82) is 0 Å². The third kappa shape index (κ3) is 13.2. The molecule has 0 bridgehead atoms. The number of carbonyl (C=O) groups is 3. The molecular formula is C43H52N6O9S2. The van der Waals surface area contributed by atoms with Crippen LogP contribution in [-0.2, 0) is 9.57 Å². The summed E-state index contributed by atoms with van der Waals surface area (Å²) in [6.07, 6.45) is 8.51. The number of amides is 2. The Morgan fingerprint density at radius 3 is 2.40 bits per heavy atom. The number of ether oxygens (including phenoxy) is 5. The first-order valence-electron chi connectivity index (χ1n) is 19.4. The molecule has 60 heavy (non-hydrogen) atoms. The number of benzene rings is 2. The van der Waals surface area contributed by atoms with Crippen molar-refractivity contribution < 1.29 is 42.9 Å². The van der Waals surface area contributed by atoms with Crippen molar-refractivity contribution in [2.45, 2.75) is 61.4 Å². The highest BCUT2D eigenvalue weighted by Gasteiger charge is 2.33. The number of methoxy groups -OCH3 is 2. The lowest BCUT2D eigenvalue weighted by Crippen LogP contribution is -2.37. The highest BCUT2D eigenvalue weighted by atomic mass is 33.1. The molecule has 2 amide bonds. The Morgan fingerprint density at radius 2 is 1.73 bits per heavy atom. The van der Waals surface area contributed by atoms with E-state index in [-0.39, 0.29) is 35.1 Å². The van der Waals surface area contributed by atoms with E-state index < -0.39 is 12.1 Å². The number of unbranched alkanes of at least 4 members (excludes halogenated alkanes) is 2. The van der Waals surface area contributed by atoms with Gasteiger partial charge in [0.2, 0.25) is 0 Å². The summed E-state index contributed by atoms with van der Waals surface area (Å²) in [4.78, 5) is 54.5. The second-order valence-electron chi connectivity index (χ2n) is 14.0. The maximum Gasteiger partial charge on any atom is 0.411 e. The van der Waals surface area contributed by atoms with Crippen LogP contribution in [0.2, 0.25) is 0 Å². The minimum absolute atomic E-state index is 0.0530. The molecular weight excluding hydrogens is 809 g/mol. The minimum atomic E-state index is -0.729. The minimum Gasteiger partial charge on any atom is -0.493 e. The summed E-state index contributed by atoms with van der Waals surface area (Å²) >= 11 is 0. The highest BCUT2D eigenvalue weighted by Crippen LogP contribution is 2.38. The van der Waals surface area contributed by atoms with Gasteiger partial charge in [0.05, 0.1) is 56.6 Å². The van der Waals surface area contributed by atoms with E-state index in [9.17, 15) is 14.4 Å². The van der Waals surface area contributed by atoms with Crippen LogP contribution in [0.4, 0.5) is 16.2 Å². The van der Waals surface area contributed by atoms with Crippen LogP contribution in [0.1, 0.15) is 59.7 Å². The monoisotopic (exact) mass is 860 g/mol. The van der Waals surface area contributed by atoms with Gasteiger partial charge in [-0.3, -0.25) is 19.9 Å². The highest BCUT2D eigenvalue weighted by molar-refractivity contribution is 8.76. The maximum absolute atomic E-state index is 14.1. The quantitative estimate of drug-likeness (QED) is 0.0249. The molecule has 320 valence electrons. The molecule has 2 fully saturated rings. The predicted molar refractivity (Wildman–Crippen MR) is 236 cm³/mol. The zero-order chi connectivity index (χ0) is 42.9. The fourth-order valence-corrected chi connectivity index (χ4v) is 8.15. The summed E-state index contributed by atoms with van der Waals surface area (Å²) in [5.74, 6) is 1.21. The lowest BCUT2D eigenvalue weighted by Gasteiger charge is -2.24. The second-order valence-corrected chi connectivity index (χ2v) is 16.6. The fraction of sp³-hybridized carbons (Fsp3) is 0.395. The van der Waals surface area contributed by atoms with E-state index in [0.717, 1.165) is 41.8 Å². The normalized spacial score (nSPS) is 16.9. The molecule has 2 saturated heterocycles. The summed E-state index contributed by atoms with van der Waals surface area (Å²) in [7, 11) is 7.46. The largest absolute Gasteiger partial charge is 0.493 e. The van der Waals surface area contributed by atoms with E-state index in [0.29, 0.717) is 73.3 Å². The molecule has 15 nitrogen and oxygen atoms in total. The molecule has 0 spiro atoms. The van der Waals surface area contributed by atoms with Crippen LogP contribution in [0.15, 0.2) is 88.1 Å². The number of pyridine rings is 1. The molecule has 5 rings (SSSR count). The Kier molecular flexibility index (Phi) is 17.7. The first-order chi connectivity index (χ1) is 29.1. The van der Waals surface area contributed by atoms with E-state index in [1.807, 2.05) is 25.1 Å². The third-order valence-corrected chi connectivity index (χ3v) is 12.1. The van der Waals surface area contributed by atoms with Crippen molar-refractivity contribution in [1.82, 2.24) is 15.2 Å². The van der Waals surface area contributed by atoms with Crippen LogP contribution in [0.25, 0.3) is 0 Å². The number of oxime groups is 1. The van der Waals surface area contributed by atoms with Gasteiger partial charge in [-0.2, -0.15) is 0 Å². The molecule has 0 saturated carbocycles. The number of nitrogens with one attached hydrogen (secondary N) is 2. The Hall–Kier alpha value is -5.52. The molecule has 2 aromatic carbocycles. The Bertz CT molecular complexity index is 2030. The fourth-order valence-electron chi connectivity index (χ4n) is 6.27. The molecule has 2 aliphatic rings.